The molecule has 1 aromatic carbocycles. The van der Waals surface area contributed by atoms with Crippen LogP contribution in [0.1, 0.15) is 12.8 Å². The lowest BCUT2D eigenvalue weighted by Gasteiger charge is -2.50. The summed E-state index contributed by atoms with van der Waals surface area (Å²) in [6.45, 7) is 4.10. The van der Waals surface area contributed by atoms with Gasteiger partial charge in [-0.2, -0.15) is 0 Å². The Morgan fingerprint density at radius 3 is 2.73 bits per heavy atom. The average Bonchev–Trinajstić information content (AvgIpc) is 3.07. The molecule has 0 saturated carbocycles. The number of hydrogen-bond acceptors (Lipinski definition) is 6. The molecule has 4 aliphatic heterocycles. The van der Waals surface area contributed by atoms with Gasteiger partial charge in [0, 0.05) is 18.7 Å². The lowest BCUT2D eigenvalue weighted by Crippen LogP contribution is -2.61. The SMILES string of the molecule is Bc1cnc(NC2=NC[C@@]3(CN4CCC3CC4)O2)nc1-c1ccccc1. The van der Waals surface area contributed by atoms with Crippen molar-refractivity contribution < 1.29 is 4.74 Å². The molecule has 0 radical (unpaired) electrons. The summed E-state index contributed by atoms with van der Waals surface area (Å²) in [4.78, 5) is 16.2. The van der Waals surface area contributed by atoms with Crippen molar-refractivity contribution in [3.8, 4) is 11.3 Å². The number of ether oxygens (including phenoxy) is 1. The van der Waals surface area contributed by atoms with Gasteiger partial charge in [-0.25, -0.2) is 15.0 Å². The minimum Gasteiger partial charge on any atom is -0.455 e. The van der Waals surface area contributed by atoms with E-state index >= 15 is 0 Å². The number of aliphatic imine (C=N–C) groups is 1. The Labute approximate surface area is 154 Å². The Bertz CT molecular complexity index is 850. The lowest BCUT2D eigenvalue weighted by molar-refractivity contribution is -0.0829. The zero-order valence-electron chi connectivity index (χ0n) is 15.0. The van der Waals surface area contributed by atoms with E-state index in [4.69, 9.17) is 9.72 Å². The van der Waals surface area contributed by atoms with Crippen molar-refractivity contribution in [1.29, 1.82) is 0 Å². The van der Waals surface area contributed by atoms with Crippen LogP contribution in [0.3, 0.4) is 0 Å². The van der Waals surface area contributed by atoms with Crippen molar-refractivity contribution in [2.75, 3.05) is 31.5 Å². The van der Waals surface area contributed by atoms with E-state index < -0.39 is 0 Å². The summed E-state index contributed by atoms with van der Waals surface area (Å²) < 4.78 is 6.32. The van der Waals surface area contributed by atoms with Crippen LogP contribution in [0.25, 0.3) is 11.3 Å². The number of amidine groups is 1. The first-order valence-electron chi connectivity index (χ1n) is 9.34. The summed E-state index contributed by atoms with van der Waals surface area (Å²) in [6, 6.07) is 10.7. The third kappa shape index (κ3) is 2.67. The topological polar surface area (TPSA) is 62.6 Å². The second-order valence-corrected chi connectivity index (χ2v) is 7.55. The largest absolute Gasteiger partial charge is 0.455 e. The van der Waals surface area contributed by atoms with Crippen molar-refractivity contribution >= 4 is 25.3 Å². The molecule has 1 spiro atoms. The van der Waals surface area contributed by atoms with Gasteiger partial charge in [-0.15, -0.1) is 0 Å². The van der Waals surface area contributed by atoms with Crippen molar-refractivity contribution in [3.63, 3.8) is 0 Å². The fourth-order valence-electron chi connectivity index (χ4n) is 4.43. The Hall–Kier alpha value is -2.41. The smallest absolute Gasteiger partial charge is 0.292 e. The predicted molar refractivity (Wildman–Crippen MR) is 105 cm³/mol. The van der Waals surface area contributed by atoms with E-state index in [-0.39, 0.29) is 5.60 Å². The number of benzene rings is 1. The standard InChI is InChI=1S/C19H22BN5O/c20-15-10-21-17(23-16(15)13-4-2-1-3-5-13)24-18-22-11-19(26-18)12-25-8-6-14(19)7-9-25/h1-5,10,14H,6-9,11-12,20H2,(H,21,22,23,24)/t19-/m0/s1. The molecule has 3 fully saturated rings. The van der Waals surface area contributed by atoms with Gasteiger partial charge in [0.1, 0.15) is 13.4 Å². The first-order chi connectivity index (χ1) is 12.7. The molecule has 2 aromatic rings. The number of rotatable bonds is 2. The Balaban J connectivity index is 1.35. The maximum absolute atomic E-state index is 6.32. The molecular weight excluding hydrogens is 325 g/mol. The molecule has 132 valence electrons. The summed E-state index contributed by atoms with van der Waals surface area (Å²) in [7, 11) is 2.03. The van der Waals surface area contributed by atoms with Crippen molar-refractivity contribution in [2.24, 2.45) is 10.9 Å². The van der Waals surface area contributed by atoms with Crippen molar-refractivity contribution in [1.82, 2.24) is 14.9 Å². The number of hydrogen-bond donors (Lipinski definition) is 1. The Morgan fingerprint density at radius 1 is 1.19 bits per heavy atom. The molecule has 1 atom stereocenters. The monoisotopic (exact) mass is 347 g/mol. The average molecular weight is 347 g/mol. The molecule has 26 heavy (non-hydrogen) atoms. The van der Waals surface area contributed by atoms with Gasteiger partial charge >= 0.3 is 0 Å². The van der Waals surface area contributed by atoms with Gasteiger partial charge in [-0.3, -0.25) is 10.2 Å². The van der Waals surface area contributed by atoms with Crippen LogP contribution in [-0.4, -0.2) is 60.5 Å². The first kappa shape index (κ1) is 15.8. The molecule has 0 aliphatic carbocycles. The minimum atomic E-state index is -0.147. The lowest BCUT2D eigenvalue weighted by atomic mass is 9.75. The van der Waals surface area contributed by atoms with Crippen LogP contribution in [0, 0.1) is 5.92 Å². The van der Waals surface area contributed by atoms with Gasteiger partial charge in [0.15, 0.2) is 0 Å². The fraction of sp³-hybridized carbons (Fsp3) is 0.421. The molecule has 6 nitrogen and oxygen atoms in total. The van der Waals surface area contributed by atoms with Gasteiger partial charge in [-0.05, 0) is 37.0 Å². The molecule has 1 aromatic heterocycles. The van der Waals surface area contributed by atoms with Gasteiger partial charge in [-0.1, -0.05) is 30.3 Å². The zero-order valence-corrected chi connectivity index (χ0v) is 15.0. The zero-order chi connectivity index (χ0) is 17.6. The van der Waals surface area contributed by atoms with Crippen LogP contribution in [0.15, 0.2) is 41.5 Å². The molecule has 6 rings (SSSR count). The van der Waals surface area contributed by atoms with Crippen LogP contribution < -0.4 is 10.8 Å². The van der Waals surface area contributed by atoms with Crippen LogP contribution >= 0.6 is 0 Å². The number of fused-ring (bicyclic) bond motifs is 2. The molecule has 5 heterocycles. The molecule has 0 unspecified atom stereocenters. The van der Waals surface area contributed by atoms with Crippen LogP contribution in [-0.2, 0) is 4.74 Å². The molecular formula is C19H22BN5O. The van der Waals surface area contributed by atoms with E-state index in [9.17, 15) is 0 Å². The second-order valence-electron chi connectivity index (χ2n) is 7.55. The molecule has 3 saturated heterocycles. The van der Waals surface area contributed by atoms with Gasteiger partial charge < -0.3 is 4.74 Å². The van der Waals surface area contributed by atoms with Gasteiger partial charge in [0.2, 0.25) is 5.95 Å². The fourth-order valence-corrected chi connectivity index (χ4v) is 4.43. The highest BCUT2D eigenvalue weighted by atomic mass is 16.5. The van der Waals surface area contributed by atoms with Crippen LogP contribution in [0.5, 0.6) is 0 Å². The van der Waals surface area contributed by atoms with Crippen LogP contribution in [0.2, 0.25) is 0 Å². The summed E-state index contributed by atoms with van der Waals surface area (Å²) in [5.41, 5.74) is 2.91. The number of aromatic nitrogens is 2. The summed E-state index contributed by atoms with van der Waals surface area (Å²) in [5, 5.41) is 3.20. The van der Waals surface area contributed by atoms with Gasteiger partial charge in [0.05, 0.1) is 12.2 Å². The van der Waals surface area contributed by atoms with E-state index in [0.29, 0.717) is 17.9 Å². The Kier molecular flexibility index (Phi) is 3.71. The summed E-state index contributed by atoms with van der Waals surface area (Å²) in [6.07, 6.45) is 4.27. The Morgan fingerprint density at radius 2 is 2.00 bits per heavy atom. The third-order valence-electron chi connectivity index (χ3n) is 5.85. The maximum Gasteiger partial charge on any atom is 0.292 e. The molecule has 7 heteroatoms. The minimum absolute atomic E-state index is 0.147. The number of nitrogens with one attached hydrogen (secondary N) is 1. The van der Waals surface area contributed by atoms with E-state index in [2.05, 4.69) is 32.3 Å². The normalized spacial score (nSPS) is 29.5. The molecule has 4 aliphatic rings. The molecule has 0 amide bonds. The number of piperidine rings is 3. The second kappa shape index (κ2) is 6.09. The van der Waals surface area contributed by atoms with E-state index in [1.54, 1.807) is 0 Å². The molecule has 1 N–H and O–H groups in total. The molecule has 2 bridgehead atoms. The quantitative estimate of drug-likeness (QED) is 0.809. The number of nitrogens with zero attached hydrogens (tertiary/aromatic N) is 4. The number of anilines is 1. The predicted octanol–water partition coefficient (Wildman–Crippen LogP) is 0.664. The van der Waals surface area contributed by atoms with Crippen LogP contribution in [0.4, 0.5) is 5.95 Å². The highest BCUT2D eigenvalue weighted by Gasteiger charge is 2.51. The third-order valence-corrected chi connectivity index (χ3v) is 5.85. The van der Waals surface area contributed by atoms with Crippen molar-refractivity contribution in [2.45, 2.75) is 18.4 Å². The first-order valence-corrected chi connectivity index (χ1v) is 9.34. The highest BCUT2D eigenvalue weighted by Crippen LogP contribution is 2.40. The van der Waals surface area contributed by atoms with Gasteiger partial charge in [0.25, 0.3) is 6.02 Å². The summed E-state index contributed by atoms with van der Waals surface area (Å²) >= 11 is 0. The van der Waals surface area contributed by atoms with E-state index in [1.807, 2.05) is 32.2 Å². The van der Waals surface area contributed by atoms with Crippen molar-refractivity contribution in [3.05, 3.63) is 36.5 Å². The highest BCUT2D eigenvalue weighted by molar-refractivity contribution is 6.35. The summed E-state index contributed by atoms with van der Waals surface area (Å²) in [5.74, 6) is 1.14. The maximum atomic E-state index is 6.32. The van der Waals surface area contributed by atoms with E-state index in [0.717, 1.165) is 29.8 Å². The van der Waals surface area contributed by atoms with E-state index in [1.165, 1.54) is 25.9 Å².